The summed E-state index contributed by atoms with van der Waals surface area (Å²) in [6, 6.07) is 37.6. The maximum Gasteiger partial charge on any atom is -0.00266 e. The number of hydrogen-bond donors (Lipinski definition) is 0. The van der Waals surface area contributed by atoms with Crippen LogP contribution in [0.25, 0.3) is 43.8 Å². The number of fused-ring (bicyclic) bond motifs is 2. The van der Waals surface area contributed by atoms with Crippen LogP contribution in [-0.2, 0) is 0 Å². The average Bonchev–Trinajstić information content (AvgIpc) is 2.78. The summed E-state index contributed by atoms with van der Waals surface area (Å²) >= 11 is 0. The Kier molecular flexibility index (Phi) is 4.41. The zero-order valence-corrected chi connectivity index (χ0v) is 16.9. The molecule has 0 heteroatoms. The first-order chi connectivity index (χ1) is 14.2. The molecule has 0 aromatic heterocycles. The third-order valence-corrected chi connectivity index (χ3v) is 5.87. The van der Waals surface area contributed by atoms with Gasteiger partial charge in [-0.15, -0.1) is 0 Å². The van der Waals surface area contributed by atoms with E-state index >= 15 is 0 Å². The molecule has 29 heavy (non-hydrogen) atoms. The van der Waals surface area contributed by atoms with Gasteiger partial charge in [-0.05, 0) is 55.3 Å². The molecule has 0 radical (unpaired) electrons. The fourth-order valence-corrected chi connectivity index (χ4v) is 4.31. The molecule has 0 aliphatic rings. The molecule has 5 rings (SSSR count). The van der Waals surface area contributed by atoms with Gasteiger partial charge in [0.25, 0.3) is 0 Å². The van der Waals surface area contributed by atoms with Gasteiger partial charge in [-0.3, -0.25) is 0 Å². The van der Waals surface area contributed by atoms with Crippen molar-refractivity contribution in [1.29, 1.82) is 0 Å². The third kappa shape index (κ3) is 3.11. The quantitative estimate of drug-likeness (QED) is 0.298. The maximum absolute atomic E-state index is 2.27. The van der Waals surface area contributed by atoms with E-state index in [4.69, 9.17) is 0 Å². The highest BCUT2D eigenvalue weighted by Crippen LogP contribution is 2.39. The number of benzene rings is 5. The van der Waals surface area contributed by atoms with Crippen LogP contribution in [0.2, 0.25) is 0 Å². The van der Waals surface area contributed by atoms with Crippen LogP contribution in [0.4, 0.5) is 0 Å². The van der Waals surface area contributed by atoms with Crippen LogP contribution in [0.1, 0.15) is 25.3 Å². The molecule has 0 bridgehead atoms. The van der Waals surface area contributed by atoms with Crippen LogP contribution >= 0.6 is 0 Å². The molecule has 0 unspecified atom stereocenters. The maximum atomic E-state index is 2.27. The summed E-state index contributed by atoms with van der Waals surface area (Å²) in [4.78, 5) is 0. The summed E-state index contributed by atoms with van der Waals surface area (Å²) in [7, 11) is 0. The largest absolute Gasteiger partial charge is 0.0616 e. The monoisotopic (exact) mass is 372 g/mol. The van der Waals surface area contributed by atoms with Crippen LogP contribution in [0.15, 0.2) is 103 Å². The minimum absolute atomic E-state index is 0.544. The van der Waals surface area contributed by atoms with Crippen molar-refractivity contribution in [3.63, 3.8) is 0 Å². The summed E-state index contributed by atoms with van der Waals surface area (Å²) in [5, 5.41) is 5.18. The van der Waals surface area contributed by atoms with Crippen LogP contribution in [0.3, 0.4) is 0 Å². The minimum Gasteiger partial charge on any atom is -0.0616 e. The first-order valence-electron chi connectivity index (χ1n) is 10.3. The van der Waals surface area contributed by atoms with Gasteiger partial charge in [-0.1, -0.05) is 117 Å². The second-order valence-corrected chi connectivity index (χ2v) is 8.01. The average molecular weight is 373 g/mol. The molecule has 0 nitrogen and oxygen atoms in total. The molecule has 5 aromatic rings. The van der Waals surface area contributed by atoms with Crippen molar-refractivity contribution >= 4 is 21.5 Å². The van der Waals surface area contributed by atoms with E-state index in [1.54, 1.807) is 0 Å². The second kappa shape index (κ2) is 7.22. The Morgan fingerprint density at radius 2 is 1.07 bits per heavy atom. The van der Waals surface area contributed by atoms with E-state index in [1.807, 2.05) is 0 Å². The molecular formula is C29H24. The van der Waals surface area contributed by atoms with Crippen molar-refractivity contribution in [3.8, 4) is 22.3 Å². The molecule has 140 valence electrons. The van der Waals surface area contributed by atoms with Gasteiger partial charge < -0.3 is 0 Å². The van der Waals surface area contributed by atoms with Gasteiger partial charge in [0.1, 0.15) is 0 Å². The van der Waals surface area contributed by atoms with Crippen LogP contribution in [0, 0.1) is 0 Å². The highest BCUT2D eigenvalue weighted by atomic mass is 14.2. The Labute approximate surface area is 172 Å². The van der Waals surface area contributed by atoms with E-state index in [2.05, 4.69) is 117 Å². The zero-order chi connectivity index (χ0) is 19.8. The third-order valence-electron chi connectivity index (χ3n) is 5.87. The molecule has 0 aliphatic carbocycles. The lowest BCUT2D eigenvalue weighted by atomic mass is 9.89. The van der Waals surface area contributed by atoms with Crippen molar-refractivity contribution in [2.24, 2.45) is 0 Å². The predicted octanol–water partition coefficient (Wildman–Crippen LogP) is 8.45. The van der Waals surface area contributed by atoms with Gasteiger partial charge in [0.15, 0.2) is 0 Å². The molecule has 0 aliphatic heterocycles. The molecule has 0 saturated heterocycles. The minimum atomic E-state index is 0.544. The number of hydrogen-bond acceptors (Lipinski definition) is 0. The van der Waals surface area contributed by atoms with E-state index in [0.717, 1.165) is 0 Å². The Morgan fingerprint density at radius 1 is 0.483 bits per heavy atom. The van der Waals surface area contributed by atoms with Crippen molar-refractivity contribution < 1.29 is 0 Å². The molecule has 0 heterocycles. The van der Waals surface area contributed by atoms with E-state index < -0.39 is 0 Å². The zero-order valence-electron chi connectivity index (χ0n) is 16.9. The smallest absolute Gasteiger partial charge is 0.00266 e. The van der Waals surface area contributed by atoms with Gasteiger partial charge in [-0.25, -0.2) is 0 Å². The molecule has 0 amide bonds. The second-order valence-electron chi connectivity index (χ2n) is 8.01. The SMILES string of the molecule is CC(C)c1ccc(-c2cccc3cccc(-c4cccc5ccccc45)c23)cc1. The van der Waals surface area contributed by atoms with Crippen molar-refractivity contribution in [2.75, 3.05) is 0 Å². The van der Waals surface area contributed by atoms with Crippen LogP contribution in [-0.4, -0.2) is 0 Å². The van der Waals surface area contributed by atoms with Crippen LogP contribution in [0.5, 0.6) is 0 Å². The summed E-state index contributed by atoms with van der Waals surface area (Å²) in [5.41, 5.74) is 6.53. The molecule has 5 aromatic carbocycles. The van der Waals surface area contributed by atoms with Gasteiger partial charge in [0.2, 0.25) is 0 Å². The van der Waals surface area contributed by atoms with Crippen molar-refractivity contribution in [1.82, 2.24) is 0 Å². The van der Waals surface area contributed by atoms with Gasteiger partial charge in [0, 0.05) is 0 Å². The standard InChI is InChI=1S/C29H24/c1-20(2)21-16-18-23(19-17-21)26-13-6-10-24-11-7-15-28(29(24)26)27-14-5-9-22-8-3-4-12-25(22)27/h3-20H,1-2H3. The topological polar surface area (TPSA) is 0 Å². The Bertz CT molecular complexity index is 1300. The lowest BCUT2D eigenvalue weighted by molar-refractivity contribution is 0.867. The lowest BCUT2D eigenvalue weighted by Gasteiger charge is -2.15. The lowest BCUT2D eigenvalue weighted by Crippen LogP contribution is -1.89. The Hall–Kier alpha value is -3.38. The highest BCUT2D eigenvalue weighted by molar-refractivity contribution is 6.10. The van der Waals surface area contributed by atoms with Crippen molar-refractivity contribution in [3.05, 3.63) is 109 Å². The summed E-state index contributed by atoms with van der Waals surface area (Å²) in [6.45, 7) is 4.48. The first-order valence-corrected chi connectivity index (χ1v) is 10.3. The van der Waals surface area contributed by atoms with E-state index in [9.17, 15) is 0 Å². The van der Waals surface area contributed by atoms with E-state index in [1.165, 1.54) is 49.4 Å². The molecule has 0 saturated carbocycles. The highest BCUT2D eigenvalue weighted by Gasteiger charge is 2.12. The fraction of sp³-hybridized carbons (Fsp3) is 0.103. The van der Waals surface area contributed by atoms with Gasteiger partial charge in [-0.2, -0.15) is 0 Å². The van der Waals surface area contributed by atoms with Crippen LogP contribution < -0.4 is 0 Å². The van der Waals surface area contributed by atoms with E-state index in [0.29, 0.717) is 5.92 Å². The van der Waals surface area contributed by atoms with Gasteiger partial charge >= 0.3 is 0 Å². The normalized spacial score (nSPS) is 11.4. The Morgan fingerprint density at radius 3 is 1.79 bits per heavy atom. The summed E-state index contributed by atoms with van der Waals surface area (Å²) < 4.78 is 0. The molecule has 0 spiro atoms. The summed E-state index contributed by atoms with van der Waals surface area (Å²) in [6.07, 6.45) is 0. The summed E-state index contributed by atoms with van der Waals surface area (Å²) in [5.74, 6) is 0.544. The molecule has 0 N–H and O–H groups in total. The van der Waals surface area contributed by atoms with Gasteiger partial charge in [0.05, 0.1) is 0 Å². The molecule has 0 fully saturated rings. The molecular weight excluding hydrogens is 348 g/mol. The van der Waals surface area contributed by atoms with E-state index in [-0.39, 0.29) is 0 Å². The molecule has 0 atom stereocenters. The Balaban J connectivity index is 1.80. The van der Waals surface area contributed by atoms with Crippen molar-refractivity contribution in [2.45, 2.75) is 19.8 Å². The number of rotatable bonds is 3. The first kappa shape index (κ1) is 17.7. The fourth-order valence-electron chi connectivity index (χ4n) is 4.31. The predicted molar refractivity (Wildman–Crippen MR) is 126 cm³/mol.